The van der Waals surface area contributed by atoms with Crippen LogP contribution in [0.25, 0.3) is 0 Å². The molecule has 0 aliphatic carbocycles. The first-order valence-electron chi connectivity index (χ1n) is 5.53. The molecule has 0 saturated carbocycles. The molecule has 0 atom stereocenters. The van der Waals surface area contributed by atoms with Crippen LogP contribution in [0.4, 0.5) is 0 Å². The molecule has 1 rings (SSSR count). The summed E-state index contributed by atoms with van der Waals surface area (Å²) in [5.41, 5.74) is 0. The molecule has 0 aromatic heterocycles. The lowest BCUT2D eigenvalue weighted by Gasteiger charge is -2.05. The van der Waals surface area contributed by atoms with Gasteiger partial charge in [-0.3, -0.25) is 9.59 Å². The molecule has 1 amide bonds. The Morgan fingerprint density at radius 3 is 2.68 bits per heavy atom. The van der Waals surface area contributed by atoms with Crippen LogP contribution in [-0.2, 0) is 9.59 Å². The summed E-state index contributed by atoms with van der Waals surface area (Å²) in [6, 6.07) is 7.36. The number of carbonyl (C=O) groups is 2. The fourth-order valence-electron chi connectivity index (χ4n) is 1.18. The van der Waals surface area contributed by atoms with Crippen molar-refractivity contribution in [3.63, 3.8) is 0 Å². The van der Waals surface area contributed by atoms with Gasteiger partial charge in [-0.2, -0.15) is 0 Å². The number of nitrogens with one attached hydrogen (secondary N) is 1. The largest absolute Gasteiger partial charge is 0.481 e. The maximum Gasteiger partial charge on any atom is 0.313 e. The molecule has 0 fully saturated rings. The van der Waals surface area contributed by atoms with E-state index in [-0.39, 0.29) is 11.7 Å². The van der Waals surface area contributed by atoms with E-state index in [1.54, 1.807) is 6.07 Å². The van der Waals surface area contributed by atoms with E-state index in [1.165, 1.54) is 23.5 Å². The van der Waals surface area contributed by atoms with Crippen LogP contribution in [0.1, 0.15) is 0 Å². The second-order valence-electron chi connectivity index (χ2n) is 3.52. The Labute approximate surface area is 125 Å². The van der Waals surface area contributed by atoms with E-state index in [0.717, 1.165) is 4.90 Å². The van der Waals surface area contributed by atoms with Gasteiger partial charge in [-0.1, -0.05) is 23.7 Å². The number of hydrogen-bond acceptors (Lipinski definition) is 4. The molecule has 0 aliphatic heterocycles. The number of halogens is 1. The molecule has 7 heteroatoms. The third-order valence-electron chi connectivity index (χ3n) is 1.99. The summed E-state index contributed by atoms with van der Waals surface area (Å²) >= 11 is 8.63. The van der Waals surface area contributed by atoms with Gasteiger partial charge in [0, 0.05) is 17.2 Å². The smallest absolute Gasteiger partial charge is 0.313 e. The first-order valence-corrected chi connectivity index (χ1v) is 8.05. The van der Waals surface area contributed by atoms with Gasteiger partial charge >= 0.3 is 5.97 Å². The molecule has 19 heavy (non-hydrogen) atoms. The van der Waals surface area contributed by atoms with Crippen LogP contribution < -0.4 is 5.32 Å². The average Bonchev–Trinajstić information content (AvgIpc) is 2.37. The van der Waals surface area contributed by atoms with Gasteiger partial charge < -0.3 is 10.4 Å². The summed E-state index contributed by atoms with van der Waals surface area (Å²) in [6.07, 6.45) is 0. The van der Waals surface area contributed by atoms with Gasteiger partial charge in [0.05, 0.1) is 16.5 Å². The summed E-state index contributed by atoms with van der Waals surface area (Å²) in [7, 11) is 0. The molecule has 0 aliphatic rings. The predicted octanol–water partition coefficient (Wildman–Crippen LogP) is 2.37. The Hall–Kier alpha value is -0.850. The molecule has 104 valence electrons. The SMILES string of the molecule is O=C(O)CSCCNC(=O)CSc1ccccc1Cl. The van der Waals surface area contributed by atoms with E-state index in [1.807, 2.05) is 18.2 Å². The molecule has 0 unspecified atom stereocenters. The van der Waals surface area contributed by atoms with Crippen molar-refractivity contribution in [2.45, 2.75) is 4.90 Å². The van der Waals surface area contributed by atoms with E-state index in [9.17, 15) is 9.59 Å². The summed E-state index contributed by atoms with van der Waals surface area (Å²) in [5.74, 6) is 0.0262. The molecule has 1 aromatic rings. The van der Waals surface area contributed by atoms with Crippen molar-refractivity contribution < 1.29 is 14.7 Å². The van der Waals surface area contributed by atoms with Crippen LogP contribution in [0.15, 0.2) is 29.2 Å². The zero-order valence-corrected chi connectivity index (χ0v) is 12.5. The molecule has 0 bridgehead atoms. The third kappa shape index (κ3) is 7.34. The Morgan fingerprint density at radius 1 is 1.26 bits per heavy atom. The summed E-state index contributed by atoms with van der Waals surface area (Å²) in [5, 5.41) is 11.8. The lowest BCUT2D eigenvalue weighted by Crippen LogP contribution is -2.27. The standard InChI is InChI=1S/C12H14ClNO3S2/c13-9-3-1-2-4-10(9)19-7-11(15)14-5-6-18-8-12(16)17/h1-4H,5-8H2,(H,14,15)(H,16,17). The highest BCUT2D eigenvalue weighted by molar-refractivity contribution is 8.00. The number of benzene rings is 1. The molecule has 0 heterocycles. The monoisotopic (exact) mass is 319 g/mol. The molecule has 0 spiro atoms. The Morgan fingerprint density at radius 2 is 2.00 bits per heavy atom. The van der Waals surface area contributed by atoms with Crippen molar-refractivity contribution in [3.05, 3.63) is 29.3 Å². The van der Waals surface area contributed by atoms with E-state index >= 15 is 0 Å². The van der Waals surface area contributed by atoms with Crippen molar-refractivity contribution in [2.75, 3.05) is 23.8 Å². The van der Waals surface area contributed by atoms with Gasteiger partial charge in [-0.15, -0.1) is 23.5 Å². The van der Waals surface area contributed by atoms with E-state index in [2.05, 4.69) is 5.32 Å². The number of hydrogen-bond donors (Lipinski definition) is 2. The lowest BCUT2D eigenvalue weighted by molar-refractivity contribution is -0.133. The van der Waals surface area contributed by atoms with Crippen LogP contribution in [0.3, 0.4) is 0 Å². The van der Waals surface area contributed by atoms with Gasteiger partial charge in [0.2, 0.25) is 5.91 Å². The quantitative estimate of drug-likeness (QED) is 0.569. The van der Waals surface area contributed by atoms with Gasteiger partial charge in [-0.05, 0) is 12.1 Å². The van der Waals surface area contributed by atoms with E-state index in [4.69, 9.17) is 16.7 Å². The highest BCUT2D eigenvalue weighted by Crippen LogP contribution is 2.26. The number of amides is 1. The second kappa shape index (κ2) is 9.12. The van der Waals surface area contributed by atoms with Gasteiger partial charge in [0.25, 0.3) is 0 Å². The van der Waals surface area contributed by atoms with Crippen LogP contribution in [0.2, 0.25) is 5.02 Å². The topological polar surface area (TPSA) is 66.4 Å². The van der Waals surface area contributed by atoms with Gasteiger partial charge in [-0.25, -0.2) is 0 Å². The van der Waals surface area contributed by atoms with Gasteiger partial charge in [0.15, 0.2) is 0 Å². The molecule has 1 aromatic carbocycles. The van der Waals surface area contributed by atoms with Crippen LogP contribution in [-0.4, -0.2) is 40.8 Å². The third-order valence-corrected chi connectivity index (χ3v) is 4.45. The number of carbonyl (C=O) groups excluding carboxylic acids is 1. The minimum absolute atomic E-state index is 0.0598. The number of aliphatic carboxylic acids is 1. The van der Waals surface area contributed by atoms with E-state index in [0.29, 0.717) is 23.1 Å². The van der Waals surface area contributed by atoms with E-state index < -0.39 is 5.97 Å². The highest BCUT2D eigenvalue weighted by Gasteiger charge is 2.05. The van der Waals surface area contributed by atoms with Crippen molar-refractivity contribution >= 4 is 47.0 Å². The molecule has 0 radical (unpaired) electrons. The Balaban J connectivity index is 2.15. The molecular weight excluding hydrogens is 306 g/mol. The number of carboxylic acid groups (broad SMARTS) is 1. The van der Waals surface area contributed by atoms with Crippen molar-refractivity contribution in [1.82, 2.24) is 5.32 Å². The predicted molar refractivity (Wildman–Crippen MR) is 80.1 cm³/mol. The fourth-order valence-corrected chi connectivity index (χ4v) is 2.81. The average molecular weight is 320 g/mol. The van der Waals surface area contributed by atoms with Crippen LogP contribution in [0, 0.1) is 0 Å². The fraction of sp³-hybridized carbons (Fsp3) is 0.333. The maximum atomic E-state index is 11.5. The molecule has 4 nitrogen and oxygen atoms in total. The zero-order chi connectivity index (χ0) is 14.1. The molecule has 2 N–H and O–H groups in total. The molecular formula is C12H14ClNO3S2. The van der Waals surface area contributed by atoms with Crippen LogP contribution in [0.5, 0.6) is 0 Å². The first kappa shape index (κ1) is 16.2. The zero-order valence-electron chi connectivity index (χ0n) is 10.1. The summed E-state index contributed by atoms with van der Waals surface area (Å²) in [4.78, 5) is 22.7. The maximum absolute atomic E-state index is 11.5. The Bertz CT molecular complexity index is 443. The van der Waals surface area contributed by atoms with Crippen molar-refractivity contribution in [3.8, 4) is 0 Å². The number of rotatable bonds is 8. The second-order valence-corrected chi connectivity index (χ2v) is 6.04. The minimum Gasteiger partial charge on any atom is -0.481 e. The number of carboxylic acids is 1. The van der Waals surface area contributed by atoms with Crippen LogP contribution >= 0.6 is 35.1 Å². The summed E-state index contributed by atoms with van der Waals surface area (Å²) < 4.78 is 0. The van der Waals surface area contributed by atoms with Crippen molar-refractivity contribution in [2.24, 2.45) is 0 Å². The number of thioether (sulfide) groups is 2. The molecule has 0 saturated heterocycles. The minimum atomic E-state index is -0.842. The lowest BCUT2D eigenvalue weighted by atomic mass is 10.4. The summed E-state index contributed by atoms with van der Waals surface area (Å²) in [6.45, 7) is 0.472. The Kier molecular flexibility index (Phi) is 7.78. The van der Waals surface area contributed by atoms with Crippen molar-refractivity contribution in [1.29, 1.82) is 0 Å². The highest BCUT2D eigenvalue weighted by atomic mass is 35.5. The normalized spacial score (nSPS) is 10.2. The van der Waals surface area contributed by atoms with Gasteiger partial charge in [0.1, 0.15) is 0 Å². The first-order chi connectivity index (χ1) is 9.09.